The average molecular weight is 291 g/mol. The van der Waals surface area contributed by atoms with Crippen molar-refractivity contribution in [2.45, 2.75) is 25.3 Å². The number of nitrogens with one attached hydrogen (secondary N) is 1. The Morgan fingerprint density at radius 3 is 2.62 bits per heavy atom. The van der Waals surface area contributed by atoms with Crippen molar-refractivity contribution in [3.05, 3.63) is 23.8 Å². The molecule has 0 spiro atoms. The summed E-state index contributed by atoms with van der Waals surface area (Å²) in [5, 5.41) is 11.9. The molecule has 0 aromatic heterocycles. The summed E-state index contributed by atoms with van der Waals surface area (Å²) in [7, 11) is 0. The second-order valence-electron chi connectivity index (χ2n) is 5.38. The molecule has 2 aliphatic rings. The monoisotopic (exact) mass is 291 g/mol. The predicted octanol–water partition coefficient (Wildman–Crippen LogP) is 1.44. The number of amides is 1. The summed E-state index contributed by atoms with van der Waals surface area (Å²) < 4.78 is 10.9. The molecule has 1 aliphatic carbocycles. The summed E-state index contributed by atoms with van der Waals surface area (Å²) in [6.07, 6.45) is 1.81. The highest BCUT2D eigenvalue weighted by atomic mass is 16.6. The Kier molecular flexibility index (Phi) is 3.68. The Labute approximate surface area is 122 Å². The van der Waals surface area contributed by atoms with Gasteiger partial charge >= 0.3 is 5.97 Å². The fourth-order valence-electron chi connectivity index (χ4n) is 2.79. The van der Waals surface area contributed by atoms with Gasteiger partial charge in [-0.05, 0) is 37.5 Å². The Bertz CT molecular complexity index is 571. The van der Waals surface area contributed by atoms with Crippen LogP contribution in [0.25, 0.3) is 0 Å². The molecule has 21 heavy (non-hydrogen) atoms. The maximum atomic E-state index is 12.2. The van der Waals surface area contributed by atoms with E-state index in [1.165, 1.54) is 0 Å². The van der Waals surface area contributed by atoms with E-state index in [4.69, 9.17) is 14.6 Å². The van der Waals surface area contributed by atoms with Crippen molar-refractivity contribution in [3.63, 3.8) is 0 Å². The van der Waals surface area contributed by atoms with Gasteiger partial charge in [0.15, 0.2) is 11.5 Å². The summed E-state index contributed by atoms with van der Waals surface area (Å²) in [6, 6.07) is 4.99. The third-order valence-corrected chi connectivity index (χ3v) is 3.92. The summed E-state index contributed by atoms with van der Waals surface area (Å²) in [5.74, 6) is -0.127. The van der Waals surface area contributed by atoms with Crippen LogP contribution in [0.4, 0.5) is 0 Å². The van der Waals surface area contributed by atoms with E-state index < -0.39 is 5.97 Å². The lowest BCUT2D eigenvalue weighted by atomic mass is 10.1. The summed E-state index contributed by atoms with van der Waals surface area (Å²) >= 11 is 0. The smallest absolute Gasteiger partial charge is 0.306 e. The Morgan fingerprint density at radius 2 is 1.90 bits per heavy atom. The maximum absolute atomic E-state index is 12.2. The van der Waals surface area contributed by atoms with Gasteiger partial charge in [0, 0.05) is 11.6 Å². The lowest BCUT2D eigenvalue weighted by Gasteiger charge is -2.19. The number of benzene rings is 1. The van der Waals surface area contributed by atoms with Crippen molar-refractivity contribution in [3.8, 4) is 11.5 Å². The van der Waals surface area contributed by atoms with Crippen LogP contribution in [0.1, 0.15) is 29.6 Å². The largest absolute Gasteiger partial charge is 0.486 e. The Balaban J connectivity index is 1.65. The number of carbonyl (C=O) groups excluding carboxylic acids is 1. The molecule has 6 nitrogen and oxygen atoms in total. The first kappa shape index (κ1) is 13.7. The zero-order chi connectivity index (χ0) is 14.8. The molecule has 1 heterocycles. The molecule has 6 heteroatoms. The number of carboxylic acid groups (broad SMARTS) is 1. The number of fused-ring (bicyclic) bond motifs is 1. The van der Waals surface area contributed by atoms with Crippen molar-refractivity contribution < 1.29 is 24.2 Å². The first-order chi connectivity index (χ1) is 10.1. The van der Waals surface area contributed by atoms with Gasteiger partial charge in [-0.2, -0.15) is 0 Å². The van der Waals surface area contributed by atoms with Crippen LogP contribution >= 0.6 is 0 Å². The zero-order valence-corrected chi connectivity index (χ0v) is 11.5. The second kappa shape index (κ2) is 5.63. The van der Waals surface area contributed by atoms with Crippen LogP contribution in [0.3, 0.4) is 0 Å². The Morgan fingerprint density at radius 1 is 1.14 bits per heavy atom. The minimum atomic E-state index is -0.786. The van der Waals surface area contributed by atoms with E-state index >= 15 is 0 Å². The van der Waals surface area contributed by atoms with E-state index in [-0.39, 0.29) is 17.9 Å². The fraction of sp³-hybridized carbons (Fsp3) is 0.467. The molecule has 0 bridgehead atoms. The number of hydrogen-bond acceptors (Lipinski definition) is 4. The topological polar surface area (TPSA) is 84.9 Å². The van der Waals surface area contributed by atoms with E-state index in [1.807, 2.05) is 0 Å². The van der Waals surface area contributed by atoms with Crippen LogP contribution in [-0.4, -0.2) is 36.2 Å². The molecule has 3 rings (SSSR count). The molecule has 1 aliphatic heterocycles. The van der Waals surface area contributed by atoms with Gasteiger partial charge in [0.05, 0.1) is 5.92 Å². The third-order valence-electron chi connectivity index (χ3n) is 3.92. The van der Waals surface area contributed by atoms with Gasteiger partial charge in [-0.15, -0.1) is 0 Å². The SMILES string of the molecule is O=C(N[C@H]1CC[C@@H](C(=O)O)C1)c1ccc2c(c1)OCCO2. The normalized spacial score (nSPS) is 23.6. The molecule has 1 aromatic rings. The van der Waals surface area contributed by atoms with Crippen LogP contribution in [0.15, 0.2) is 18.2 Å². The molecule has 0 unspecified atom stereocenters. The van der Waals surface area contributed by atoms with Crippen molar-refractivity contribution in [2.75, 3.05) is 13.2 Å². The molecular formula is C15H17NO5. The van der Waals surface area contributed by atoms with E-state index in [9.17, 15) is 9.59 Å². The predicted molar refractivity (Wildman–Crippen MR) is 73.7 cm³/mol. The molecule has 1 amide bonds. The van der Waals surface area contributed by atoms with E-state index in [2.05, 4.69) is 5.32 Å². The number of aliphatic carboxylic acids is 1. The molecular weight excluding hydrogens is 274 g/mol. The quantitative estimate of drug-likeness (QED) is 0.880. The van der Waals surface area contributed by atoms with Crippen molar-refractivity contribution in [1.29, 1.82) is 0 Å². The van der Waals surface area contributed by atoms with Gasteiger partial charge in [-0.1, -0.05) is 0 Å². The van der Waals surface area contributed by atoms with Crippen LogP contribution < -0.4 is 14.8 Å². The molecule has 2 atom stereocenters. The first-order valence-corrected chi connectivity index (χ1v) is 7.07. The molecule has 0 saturated heterocycles. The highest BCUT2D eigenvalue weighted by Crippen LogP contribution is 2.31. The van der Waals surface area contributed by atoms with E-state index in [1.54, 1.807) is 18.2 Å². The summed E-state index contributed by atoms with van der Waals surface area (Å²) in [6.45, 7) is 0.984. The minimum Gasteiger partial charge on any atom is -0.486 e. The van der Waals surface area contributed by atoms with Gasteiger partial charge < -0.3 is 19.9 Å². The van der Waals surface area contributed by atoms with Crippen LogP contribution in [0.2, 0.25) is 0 Å². The number of carboxylic acids is 1. The van der Waals surface area contributed by atoms with Crippen molar-refractivity contribution in [2.24, 2.45) is 5.92 Å². The van der Waals surface area contributed by atoms with Crippen LogP contribution in [0, 0.1) is 5.92 Å². The molecule has 1 saturated carbocycles. The van der Waals surface area contributed by atoms with Gasteiger partial charge in [0.25, 0.3) is 5.91 Å². The first-order valence-electron chi connectivity index (χ1n) is 7.07. The molecule has 0 radical (unpaired) electrons. The van der Waals surface area contributed by atoms with Crippen molar-refractivity contribution in [1.82, 2.24) is 5.32 Å². The average Bonchev–Trinajstić information content (AvgIpc) is 2.95. The van der Waals surface area contributed by atoms with Crippen LogP contribution in [-0.2, 0) is 4.79 Å². The van der Waals surface area contributed by atoms with Crippen molar-refractivity contribution >= 4 is 11.9 Å². The molecule has 2 N–H and O–H groups in total. The summed E-state index contributed by atoms with van der Waals surface area (Å²) in [4.78, 5) is 23.1. The number of hydrogen-bond donors (Lipinski definition) is 2. The maximum Gasteiger partial charge on any atom is 0.306 e. The molecule has 112 valence electrons. The third kappa shape index (κ3) is 2.94. The second-order valence-corrected chi connectivity index (χ2v) is 5.38. The fourth-order valence-corrected chi connectivity index (χ4v) is 2.79. The lowest BCUT2D eigenvalue weighted by molar-refractivity contribution is -0.141. The molecule has 1 aromatic carbocycles. The zero-order valence-electron chi connectivity index (χ0n) is 11.5. The highest BCUT2D eigenvalue weighted by molar-refractivity contribution is 5.95. The van der Waals surface area contributed by atoms with Gasteiger partial charge in [0.2, 0.25) is 0 Å². The number of ether oxygens (including phenoxy) is 2. The summed E-state index contributed by atoms with van der Waals surface area (Å²) in [5.41, 5.74) is 0.498. The van der Waals surface area contributed by atoms with Gasteiger partial charge in [-0.25, -0.2) is 0 Å². The standard InChI is InChI=1S/C15H17NO5/c17-14(16-11-3-1-10(7-11)15(18)19)9-2-4-12-13(8-9)21-6-5-20-12/h2,4,8,10-11H,1,3,5-7H2,(H,16,17)(H,18,19)/t10-,11+/m1/s1. The number of carbonyl (C=O) groups is 2. The number of rotatable bonds is 3. The van der Waals surface area contributed by atoms with Gasteiger partial charge in [-0.3, -0.25) is 9.59 Å². The minimum absolute atomic E-state index is 0.0770. The lowest BCUT2D eigenvalue weighted by Crippen LogP contribution is -2.33. The molecule has 1 fully saturated rings. The van der Waals surface area contributed by atoms with E-state index in [0.29, 0.717) is 49.5 Å². The Hall–Kier alpha value is -2.24. The van der Waals surface area contributed by atoms with Crippen LogP contribution in [0.5, 0.6) is 11.5 Å². The van der Waals surface area contributed by atoms with E-state index in [0.717, 1.165) is 0 Å². The highest BCUT2D eigenvalue weighted by Gasteiger charge is 2.30. The van der Waals surface area contributed by atoms with Gasteiger partial charge in [0.1, 0.15) is 13.2 Å².